The molecule has 25 heavy (non-hydrogen) atoms. The van der Waals surface area contributed by atoms with Crippen molar-refractivity contribution in [2.24, 2.45) is 0 Å². The molecule has 1 atom stereocenters. The molecule has 0 saturated heterocycles. The molecular formula is C22H40N2O. The minimum absolute atomic E-state index is 0.650. The molecule has 0 fully saturated rings. The Morgan fingerprint density at radius 1 is 0.920 bits per heavy atom. The summed E-state index contributed by atoms with van der Waals surface area (Å²) in [5, 5.41) is 1.91. The third-order valence-corrected chi connectivity index (χ3v) is 5.18. The van der Waals surface area contributed by atoms with Gasteiger partial charge in [-0.1, -0.05) is 77.2 Å². The summed E-state index contributed by atoms with van der Waals surface area (Å²) in [6, 6.07) is 4.25. The molecule has 3 nitrogen and oxygen atoms in total. The highest BCUT2D eigenvalue weighted by Crippen LogP contribution is 2.21. The number of hydroxylamine groups is 2. The first-order valence-electron chi connectivity index (χ1n) is 10.4. The predicted molar refractivity (Wildman–Crippen MR) is 108 cm³/mol. The van der Waals surface area contributed by atoms with Gasteiger partial charge >= 0.3 is 0 Å². The minimum Gasteiger partial charge on any atom is -0.303 e. The second-order valence-corrected chi connectivity index (χ2v) is 7.40. The van der Waals surface area contributed by atoms with Crippen LogP contribution < -0.4 is 0 Å². The lowest BCUT2D eigenvalue weighted by Gasteiger charge is -2.12. The maximum atomic E-state index is 5.12. The van der Waals surface area contributed by atoms with Crippen LogP contribution in [0.2, 0.25) is 0 Å². The fourth-order valence-electron chi connectivity index (χ4n) is 3.30. The van der Waals surface area contributed by atoms with E-state index in [9.17, 15) is 0 Å². The van der Waals surface area contributed by atoms with Crippen LogP contribution >= 0.6 is 0 Å². The van der Waals surface area contributed by atoms with Crippen molar-refractivity contribution in [2.75, 3.05) is 20.7 Å². The van der Waals surface area contributed by atoms with Gasteiger partial charge in [-0.2, -0.15) is 5.06 Å². The Morgan fingerprint density at radius 2 is 1.48 bits per heavy atom. The van der Waals surface area contributed by atoms with Crippen LogP contribution in [0.3, 0.4) is 0 Å². The second kappa shape index (κ2) is 15.3. The normalized spacial score (nSPS) is 12.6. The fraction of sp³-hybridized carbons (Fsp3) is 0.773. The number of hydrogen-bond donors (Lipinski definition) is 0. The van der Waals surface area contributed by atoms with Crippen LogP contribution in [-0.2, 0) is 4.84 Å². The van der Waals surface area contributed by atoms with Gasteiger partial charge in [-0.05, 0) is 30.4 Å². The first-order valence-corrected chi connectivity index (χ1v) is 10.4. The lowest BCUT2D eigenvalue weighted by Crippen LogP contribution is -2.17. The number of hydrogen-bond acceptors (Lipinski definition) is 3. The number of nitrogens with zero attached hydrogens (tertiary/aromatic N) is 2. The standard InChI is InChI=1S/C22H40N2O/c1-21(22-17-15-18-23-20-22)16-13-11-9-7-5-4-6-8-10-12-14-19-24(2)25-3/h15,17-18,20-21H,4-14,16,19H2,1-3H3. The highest BCUT2D eigenvalue weighted by molar-refractivity contribution is 5.13. The predicted octanol–water partition coefficient (Wildman–Crippen LogP) is 6.36. The number of unbranched alkanes of at least 4 members (excludes halogenated alkanes) is 10. The molecule has 0 amide bonds. The highest BCUT2D eigenvalue weighted by Gasteiger charge is 2.04. The summed E-state index contributed by atoms with van der Waals surface area (Å²) < 4.78 is 0. The molecule has 0 aromatic carbocycles. The monoisotopic (exact) mass is 348 g/mol. The van der Waals surface area contributed by atoms with E-state index >= 15 is 0 Å². The van der Waals surface area contributed by atoms with Crippen molar-refractivity contribution in [1.29, 1.82) is 0 Å². The van der Waals surface area contributed by atoms with Crippen molar-refractivity contribution in [3.05, 3.63) is 30.1 Å². The minimum atomic E-state index is 0.650. The van der Waals surface area contributed by atoms with Gasteiger partial charge in [0.25, 0.3) is 0 Å². The molecule has 3 heteroatoms. The molecule has 0 radical (unpaired) electrons. The van der Waals surface area contributed by atoms with Crippen LogP contribution in [0.1, 0.15) is 95.5 Å². The zero-order chi connectivity index (χ0) is 18.2. The molecule has 0 spiro atoms. The highest BCUT2D eigenvalue weighted by atomic mass is 16.7. The smallest absolute Gasteiger partial charge is 0.0575 e. The van der Waals surface area contributed by atoms with Crippen molar-refractivity contribution in [2.45, 2.75) is 89.9 Å². The summed E-state index contributed by atoms with van der Waals surface area (Å²) in [4.78, 5) is 9.34. The van der Waals surface area contributed by atoms with Crippen molar-refractivity contribution in [1.82, 2.24) is 10.0 Å². The van der Waals surface area contributed by atoms with Crippen molar-refractivity contribution in [3.8, 4) is 0 Å². The quantitative estimate of drug-likeness (QED) is 0.257. The van der Waals surface area contributed by atoms with Crippen LogP contribution in [0.4, 0.5) is 0 Å². The molecule has 0 N–H and O–H groups in total. The van der Waals surface area contributed by atoms with Gasteiger partial charge in [0.1, 0.15) is 0 Å². The van der Waals surface area contributed by atoms with Crippen molar-refractivity contribution < 1.29 is 4.84 Å². The molecule has 0 saturated carbocycles. The Morgan fingerprint density at radius 3 is 2.00 bits per heavy atom. The molecule has 1 aromatic rings. The number of pyridine rings is 1. The Bertz CT molecular complexity index is 396. The van der Waals surface area contributed by atoms with Crippen molar-refractivity contribution >= 4 is 0 Å². The first-order chi connectivity index (χ1) is 12.2. The maximum absolute atomic E-state index is 5.12. The number of aromatic nitrogens is 1. The average Bonchev–Trinajstić information content (AvgIpc) is 2.65. The van der Waals surface area contributed by atoms with Gasteiger partial charge in [-0.15, -0.1) is 0 Å². The summed E-state index contributed by atoms with van der Waals surface area (Å²) >= 11 is 0. The Hall–Kier alpha value is -0.930. The molecule has 1 heterocycles. The Balaban J connectivity index is 1.80. The van der Waals surface area contributed by atoms with E-state index in [-0.39, 0.29) is 0 Å². The van der Waals surface area contributed by atoms with Crippen molar-refractivity contribution in [3.63, 3.8) is 0 Å². The summed E-state index contributed by atoms with van der Waals surface area (Å²) in [6.07, 6.45) is 20.4. The van der Waals surface area contributed by atoms with Gasteiger partial charge in [0, 0.05) is 26.0 Å². The van der Waals surface area contributed by atoms with Crippen LogP contribution in [0.15, 0.2) is 24.5 Å². The SMILES string of the molecule is CON(C)CCCCCCCCCCCCCC(C)c1cccnc1. The summed E-state index contributed by atoms with van der Waals surface area (Å²) in [7, 11) is 3.74. The van der Waals surface area contributed by atoms with E-state index in [1.54, 1.807) is 7.11 Å². The van der Waals surface area contributed by atoms with E-state index in [1.165, 1.54) is 82.6 Å². The lowest BCUT2D eigenvalue weighted by atomic mass is 9.96. The molecule has 0 aliphatic rings. The Labute approximate surface area is 156 Å². The zero-order valence-electron chi connectivity index (χ0n) is 16.9. The largest absolute Gasteiger partial charge is 0.303 e. The molecule has 0 bridgehead atoms. The molecule has 0 aliphatic heterocycles. The lowest BCUT2D eigenvalue weighted by molar-refractivity contribution is -0.109. The molecule has 1 unspecified atom stereocenters. The molecule has 144 valence electrons. The summed E-state index contributed by atoms with van der Waals surface area (Å²) in [6.45, 7) is 3.38. The molecule has 1 aromatic heterocycles. The molecule has 1 rings (SSSR count). The summed E-state index contributed by atoms with van der Waals surface area (Å²) in [5.41, 5.74) is 1.39. The van der Waals surface area contributed by atoms with E-state index in [0.717, 1.165) is 6.54 Å². The Kier molecular flexibility index (Phi) is 13.6. The van der Waals surface area contributed by atoms with Gasteiger partial charge in [-0.25, -0.2) is 0 Å². The first kappa shape index (κ1) is 22.1. The van der Waals surface area contributed by atoms with Gasteiger partial charge in [0.15, 0.2) is 0 Å². The van der Waals surface area contributed by atoms with Crippen LogP contribution in [0.5, 0.6) is 0 Å². The van der Waals surface area contributed by atoms with E-state index in [4.69, 9.17) is 4.84 Å². The van der Waals surface area contributed by atoms with E-state index < -0.39 is 0 Å². The third-order valence-electron chi connectivity index (χ3n) is 5.18. The molecular weight excluding hydrogens is 308 g/mol. The fourth-order valence-corrected chi connectivity index (χ4v) is 3.30. The zero-order valence-corrected chi connectivity index (χ0v) is 16.9. The topological polar surface area (TPSA) is 25.4 Å². The van der Waals surface area contributed by atoms with Gasteiger partial charge in [0.2, 0.25) is 0 Å². The average molecular weight is 349 g/mol. The molecule has 0 aliphatic carbocycles. The van der Waals surface area contributed by atoms with E-state index in [0.29, 0.717) is 5.92 Å². The third kappa shape index (κ3) is 12.1. The second-order valence-electron chi connectivity index (χ2n) is 7.40. The van der Waals surface area contributed by atoms with E-state index in [2.05, 4.69) is 18.0 Å². The van der Waals surface area contributed by atoms with Crippen LogP contribution in [0, 0.1) is 0 Å². The van der Waals surface area contributed by atoms with Gasteiger partial charge in [0.05, 0.1) is 7.11 Å². The van der Waals surface area contributed by atoms with Gasteiger partial charge in [-0.3, -0.25) is 4.98 Å². The van der Waals surface area contributed by atoms with Crippen LogP contribution in [0.25, 0.3) is 0 Å². The van der Waals surface area contributed by atoms with Crippen LogP contribution in [-0.4, -0.2) is 30.7 Å². The maximum Gasteiger partial charge on any atom is 0.0575 e. The van der Waals surface area contributed by atoms with Gasteiger partial charge < -0.3 is 4.84 Å². The summed E-state index contributed by atoms with van der Waals surface area (Å²) in [5.74, 6) is 0.650. The van der Waals surface area contributed by atoms with E-state index in [1.807, 2.05) is 30.6 Å². The number of rotatable bonds is 16.